The Kier molecular flexibility index (Phi) is 1.81. The molecule has 0 aliphatic heterocycles. The molecule has 2 bridgehead atoms. The van der Waals surface area contributed by atoms with Crippen LogP contribution >= 0.6 is 0 Å². The monoisotopic (exact) mass is 201 g/mol. The quantitative estimate of drug-likeness (QED) is 0.550. The van der Waals surface area contributed by atoms with E-state index in [1.807, 2.05) is 0 Å². The van der Waals surface area contributed by atoms with Crippen LogP contribution in [0.1, 0.15) is 39.5 Å². The van der Waals surface area contributed by atoms with Crippen LogP contribution < -0.4 is 0 Å². The number of nitriles is 1. The van der Waals surface area contributed by atoms with Gasteiger partial charge in [-0.1, -0.05) is 25.5 Å². The maximum atomic E-state index is 9.18. The molecule has 80 valence electrons. The normalized spacial score (nSPS) is 45.8. The van der Waals surface area contributed by atoms with Gasteiger partial charge in [-0.25, -0.2) is 0 Å². The lowest BCUT2D eigenvalue weighted by Gasteiger charge is -2.61. The Balaban J connectivity index is 1.94. The van der Waals surface area contributed by atoms with Crippen molar-refractivity contribution in [3.05, 3.63) is 11.6 Å². The van der Waals surface area contributed by atoms with Crippen molar-refractivity contribution < 1.29 is 0 Å². The molecule has 15 heavy (non-hydrogen) atoms. The van der Waals surface area contributed by atoms with E-state index in [9.17, 15) is 5.26 Å². The fourth-order valence-corrected chi connectivity index (χ4v) is 4.16. The van der Waals surface area contributed by atoms with Crippen LogP contribution in [0.15, 0.2) is 11.6 Å². The maximum absolute atomic E-state index is 9.18. The summed E-state index contributed by atoms with van der Waals surface area (Å²) in [6.07, 6.45) is 7.38. The Hall–Kier alpha value is -0.770. The van der Waals surface area contributed by atoms with E-state index < -0.39 is 0 Å². The maximum Gasteiger partial charge on any atom is 0.0662 e. The molecule has 4 aliphatic rings. The van der Waals surface area contributed by atoms with Crippen molar-refractivity contribution in [1.82, 2.24) is 0 Å². The van der Waals surface area contributed by atoms with Gasteiger partial charge in [0.25, 0.3) is 0 Å². The van der Waals surface area contributed by atoms with Crippen LogP contribution in [-0.2, 0) is 0 Å². The Labute approximate surface area is 92.2 Å². The number of allylic oxidation sites excluding steroid dienone is 2. The molecule has 4 atom stereocenters. The van der Waals surface area contributed by atoms with E-state index in [0.717, 1.165) is 24.7 Å². The first kappa shape index (κ1) is 9.46. The van der Waals surface area contributed by atoms with E-state index >= 15 is 0 Å². The Morgan fingerprint density at radius 2 is 2.20 bits per heavy atom. The minimum absolute atomic E-state index is 0.325. The van der Waals surface area contributed by atoms with Gasteiger partial charge < -0.3 is 0 Å². The molecule has 4 rings (SSSR count). The summed E-state index contributed by atoms with van der Waals surface area (Å²) >= 11 is 0. The molecule has 0 aromatic heterocycles. The first-order chi connectivity index (χ1) is 7.14. The second kappa shape index (κ2) is 2.88. The summed E-state index contributed by atoms with van der Waals surface area (Å²) < 4.78 is 0. The third-order valence-corrected chi connectivity index (χ3v) is 5.35. The summed E-state index contributed by atoms with van der Waals surface area (Å²) in [5, 5.41) is 9.18. The zero-order valence-corrected chi connectivity index (χ0v) is 9.66. The van der Waals surface area contributed by atoms with Gasteiger partial charge in [-0.2, -0.15) is 5.26 Å². The van der Waals surface area contributed by atoms with Crippen molar-refractivity contribution in [2.24, 2.45) is 29.1 Å². The lowest BCUT2D eigenvalue weighted by molar-refractivity contribution is -0.0560. The summed E-state index contributed by atoms with van der Waals surface area (Å²) in [7, 11) is 0. The van der Waals surface area contributed by atoms with Gasteiger partial charge in [-0.05, 0) is 48.9 Å². The smallest absolute Gasteiger partial charge is 0.0662 e. The Morgan fingerprint density at radius 1 is 1.40 bits per heavy atom. The van der Waals surface area contributed by atoms with Gasteiger partial charge in [-0.3, -0.25) is 0 Å². The van der Waals surface area contributed by atoms with E-state index in [2.05, 4.69) is 26.0 Å². The summed E-state index contributed by atoms with van der Waals surface area (Å²) in [5.74, 6) is 2.64. The van der Waals surface area contributed by atoms with Crippen molar-refractivity contribution in [2.45, 2.75) is 39.5 Å². The lowest BCUT2D eigenvalue weighted by atomic mass is 9.43. The molecule has 1 nitrogen and oxygen atoms in total. The molecular formula is C14H19N. The van der Waals surface area contributed by atoms with E-state index in [1.54, 1.807) is 5.57 Å². The minimum atomic E-state index is 0.325. The van der Waals surface area contributed by atoms with Crippen LogP contribution in [0.5, 0.6) is 0 Å². The molecule has 0 heterocycles. The van der Waals surface area contributed by atoms with Crippen LogP contribution in [0.3, 0.4) is 0 Å². The molecule has 4 aliphatic carbocycles. The standard InChI is InChI=1S/C14H19N/c1-14(2)10-6-12-9(8-15)4-3-5-11(12)13(14)7-10/h5,9-10,12-13H,3-4,6-7H2,1-2H3/t9-,10+,12+,13-/m0/s1. The first-order valence-corrected chi connectivity index (χ1v) is 6.24. The van der Waals surface area contributed by atoms with Crippen LogP contribution in [0.4, 0.5) is 0 Å². The fraction of sp³-hybridized carbons (Fsp3) is 0.786. The molecule has 0 saturated heterocycles. The molecule has 0 spiro atoms. The van der Waals surface area contributed by atoms with Crippen molar-refractivity contribution in [1.29, 1.82) is 5.26 Å². The molecule has 0 aromatic rings. The van der Waals surface area contributed by atoms with Gasteiger partial charge in [0, 0.05) is 0 Å². The van der Waals surface area contributed by atoms with Crippen LogP contribution in [0.25, 0.3) is 0 Å². The zero-order chi connectivity index (χ0) is 10.6. The zero-order valence-electron chi connectivity index (χ0n) is 9.66. The average Bonchev–Trinajstić information content (AvgIpc) is 2.27. The highest BCUT2D eigenvalue weighted by Crippen LogP contribution is 2.64. The summed E-state index contributed by atoms with van der Waals surface area (Å²) in [4.78, 5) is 0. The van der Waals surface area contributed by atoms with E-state index in [-0.39, 0.29) is 0 Å². The van der Waals surface area contributed by atoms with Crippen molar-refractivity contribution in [2.75, 3.05) is 0 Å². The highest BCUT2D eigenvalue weighted by Gasteiger charge is 2.56. The first-order valence-electron chi connectivity index (χ1n) is 6.24. The van der Waals surface area contributed by atoms with Crippen LogP contribution in [0.2, 0.25) is 0 Å². The van der Waals surface area contributed by atoms with Crippen molar-refractivity contribution >= 4 is 0 Å². The molecule has 0 amide bonds. The number of hydrogen-bond acceptors (Lipinski definition) is 1. The van der Waals surface area contributed by atoms with Gasteiger partial charge in [0.15, 0.2) is 0 Å². The lowest BCUT2D eigenvalue weighted by Crippen LogP contribution is -2.53. The SMILES string of the molecule is CC1(C)[C@@H]2C[C@H]3C(=CCC[C@H]3C#N)[C@@H]1C2. The number of nitrogens with zero attached hydrogens (tertiary/aromatic N) is 1. The van der Waals surface area contributed by atoms with Crippen molar-refractivity contribution in [3.8, 4) is 6.07 Å². The molecule has 0 radical (unpaired) electrons. The molecule has 0 N–H and O–H groups in total. The molecule has 3 fully saturated rings. The summed E-state index contributed by atoms with van der Waals surface area (Å²) in [6, 6.07) is 2.53. The summed E-state index contributed by atoms with van der Waals surface area (Å²) in [6.45, 7) is 4.83. The average molecular weight is 201 g/mol. The fourth-order valence-electron chi connectivity index (χ4n) is 4.16. The third kappa shape index (κ3) is 1.08. The van der Waals surface area contributed by atoms with E-state index in [1.165, 1.54) is 12.8 Å². The number of hydrogen-bond donors (Lipinski definition) is 0. The predicted molar refractivity (Wildman–Crippen MR) is 59.9 cm³/mol. The topological polar surface area (TPSA) is 23.8 Å². The van der Waals surface area contributed by atoms with E-state index in [0.29, 0.717) is 17.3 Å². The summed E-state index contributed by atoms with van der Waals surface area (Å²) in [5.41, 5.74) is 2.18. The van der Waals surface area contributed by atoms with Crippen LogP contribution in [-0.4, -0.2) is 0 Å². The van der Waals surface area contributed by atoms with Crippen molar-refractivity contribution in [3.63, 3.8) is 0 Å². The van der Waals surface area contributed by atoms with Crippen LogP contribution in [0, 0.1) is 40.4 Å². The minimum Gasteiger partial charge on any atom is -0.198 e. The van der Waals surface area contributed by atoms with Gasteiger partial charge in [0.05, 0.1) is 12.0 Å². The molecule has 0 aromatic carbocycles. The highest BCUT2D eigenvalue weighted by atomic mass is 14.6. The van der Waals surface area contributed by atoms with Gasteiger partial charge in [0.1, 0.15) is 0 Å². The molecule has 1 heteroatoms. The number of rotatable bonds is 0. The largest absolute Gasteiger partial charge is 0.198 e. The highest BCUT2D eigenvalue weighted by molar-refractivity contribution is 5.28. The second-order valence-electron chi connectivity index (χ2n) is 6.17. The second-order valence-corrected chi connectivity index (χ2v) is 6.17. The van der Waals surface area contributed by atoms with Gasteiger partial charge >= 0.3 is 0 Å². The Bertz CT molecular complexity index is 358. The van der Waals surface area contributed by atoms with Gasteiger partial charge in [-0.15, -0.1) is 0 Å². The Morgan fingerprint density at radius 3 is 2.87 bits per heavy atom. The molecule has 0 unspecified atom stereocenters. The molecular weight excluding hydrogens is 182 g/mol. The van der Waals surface area contributed by atoms with Gasteiger partial charge in [0.2, 0.25) is 0 Å². The third-order valence-electron chi connectivity index (χ3n) is 5.35. The molecule has 3 saturated carbocycles. The predicted octanol–water partition coefficient (Wildman–Crippen LogP) is 3.53. The van der Waals surface area contributed by atoms with E-state index in [4.69, 9.17) is 0 Å².